The van der Waals surface area contributed by atoms with Gasteiger partial charge < -0.3 is 0 Å². The molecule has 1 aromatic carbocycles. The summed E-state index contributed by atoms with van der Waals surface area (Å²) >= 11 is 0. The van der Waals surface area contributed by atoms with E-state index in [0.717, 1.165) is 33.5 Å². The SMILES string of the molecule is CC#Cc1cc(C)c(C#Cc2ccc(C)nc2)cc1C. The standard InChI is InChI=1S/C19H17N/c1-5-6-18-11-15(3)19(12-14(18)2)10-9-17-8-7-16(4)20-13-17/h7-8,11-13H,1-4H3. The first kappa shape index (κ1) is 13.9. The number of hydrogen-bond acceptors (Lipinski definition) is 1. The van der Waals surface area contributed by atoms with Crippen LogP contribution in [0, 0.1) is 44.5 Å². The van der Waals surface area contributed by atoms with E-state index in [2.05, 4.69) is 54.6 Å². The summed E-state index contributed by atoms with van der Waals surface area (Å²) in [6.45, 7) is 7.96. The van der Waals surface area contributed by atoms with Crippen LogP contribution in [-0.4, -0.2) is 4.98 Å². The van der Waals surface area contributed by atoms with Crippen molar-refractivity contribution < 1.29 is 0 Å². The van der Waals surface area contributed by atoms with E-state index in [-0.39, 0.29) is 0 Å². The van der Waals surface area contributed by atoms with Gasteiger partial charge in [0.1, 0.15) is 0 Å². The van der Waals surface area contributed by atoms with Crippen LogP contribution in [-0.2, 0) is 0 Å². The number of nitrogens with zero attached hydrogens (tertiary/aromatic N) is 1. The lowest BCUT2D eigenvalue weighted by molar-refractivity contribution is 1.19. The molecule has 1 nitrogen and oxygen atoms in total. The molecular weight excluding hydrogens is 242 g/mol. The average Bonchev–Trinajstić information content (AvgIpc) is 2.43. The summed E-state index contributed by atoms with van der Waals surface area (Å²) in [6, 6.07) is 8.17. The lowest BCUT2D eigenvalue weighted by Crippen LogP contribution is -1.90. The van der Waals surface area contributed by atoms with Gasteiger partial charge in [-0.3, -0.25) is 4.98 Å². The molecule has 1 heterocycles. The van der Waals surface area contributed by atoms with Gasteiger partial charge in [-0.15, -0.1) is 5.92 Å². The normalized spacial score (nSPS) is 9.20. The van der Waals surface area contributed by atoms with Crippen LogP contribution in [0.4, 0.5) is 0 Å². The lowest BCUT2D eigenvalue weighted by Gasteiger charge is -2.03. The molecule has 0 bridgehead atoms. The third-order valence-electron chi connectivity index (χ3n) is 3.08. The number of aromatic nitrogens is 1. The topological polar surface area (TPSA) is 12.9 Å². The molecule has 0 saturated heterocycles. The molecule has 0 atom stereocenters. The Morgan fingerprint density at radius 1 is 0.850 bits per heavy atom. The molecule has 98 valence electrons. The maximum atomic E-state index is 4.25. The van der Waals surface area contributed by atoms with Gasteiger partial charge in [0.25, 0.3) is 0 Å². The van der Waals surface area contributed by atoms with Crippen molar-refractivity contribution in [3.8, 4) is 23.7 Å². The fraction of sp³-hybridized carbons (Fsp3) is 0.211. The van der Waals surface area contributed by atoms with Crippen LogP contribution >= 0.6 is 0 Å². The highest BCUT2D eigenvalue weighted by Gasteiger charge is 2.00. The average molecular weight is 259 g/mol. The van der Waals surface area contributed by atoms with E-state index < -0.39 is 0 Å². The highest BCUT2D eigenvalue weighted by molar-refractivity contribution is 5.53. The number of pyridine rings is 1. The Bertz CT molecular complexity index is 745. The minimum atomic E-state index is 0.935. The Balaban J connectivity index is 2.37. The van der Waals surface area contributed by atoms with Crippen molar-refractivity contribution in [1.82, 2.24) is 4.98 Å². The van der Waals surface area contributed by atoms with E-state index in [9.17, 15) is 0 Å². The molecule has 0 amide bonds. The van der Waals surface area contributed by atoms with Crippen LogP contribution < -0.4 is 0 Å². The number of hydrogen-bond donors (Lipinski definition) is 0. The van der Waals surface area contributed by atoms with Crippen molar-refractivity contribution >= 4 is 0 Å². The summed E-state index contributed by atoms with van der Waals surface area (Å²) in [6.07, 6.45) is 1.81. The summed E-state index contributed by atoms with van der Waals surface area (Å²) in [7, 11) is 0. The first-order valence-corrected chi connectivity index (χ1v) is 6.59. The predicted octanol–water partition coefficient (Wildman–Crippen LogP) is 3.78. The van der Waals surface area contributed by atoms with Gasteiger partial charge in [0, 0.05) is 28.6 Å². The zero-order valence-corrected chi connectivity index (χ0v) is 12.3. The van der Waals surface area contributed by atoms with Gasteiger partial charge in [0.15, 0.2) is 0 Å². The fourth-order valence-corrected chi connectivity index (χ4v) is 1.90. The molecule has 0 aliphatic carbocycles. The van der Waals surface area contributed by atoms with Crippen LogP contribution in [0.15, 0.2) is 30.5 Å². The molecule has 0 N–H and O–H groups in total. The molecule has 0 unspecified atom stereocenters. The van der Waals surface area contributed by atoms with Crippen LogP contribution in [0.2, 0.25) is 0 Å². The monoisotopic (exact) mass is 259 g/mol. The Hall–Kier alpha value is -2.51. The molecule has 1 aromatic heterocycles. The molecule has 2 aromatic rings. The van der Waals surface area contributed by atoms with Gasteiger partial charge in [-0.1, -0.05) is 17.8 Å². The minimum Gasteiger partial charge on any atom is -0.260 e. The first-order valence-electron chi connectivity index (χ1n) is 6.59. The second kappa shape index (κ2) is 6.09. The van der Waals surface area contributed by atoms with Gasteiger partial charge in [-0.2, -0.15) is 0 Å². The number of aryl methyl sites for hydroxylation is 3. The van der Waals surface area contributed by atoms with Gasteiger partial charge in [0.2, 0.25) is 0 Å². The molecule has 2 rings (SSSR count). The molecule has 0 aliphatic heterocycles. The molecule has 0 spiro atoms. The molecular formula is C19H17N. The second-order valence-electron chi connectivity index (χ2n) is 4.80. The summed E-state index contributed by atoms with van der Waals surface area (Å²) in [4.78, 5) is 4.25. The molecule has 0 radical (unpaired) electrons. The van der Waals surface area contributed by atoms with Crippen LogP contribution in [0.3, 0.4) is 0 Å². The molecule has 20 heavy (non-hydrogen) atoms. The van der Waals surface area contributed by atoms with E-state index in [1.807, 2.05) is 26.0 Å². The van der Waals surface area contributed by atoms with Crippen molar-refractivity contribution in [3.63, 3.8) is 0 Å². The van der Waals surface area contributed by atoms with E-state index >= 15 is 0 Å². The van der Waals surface area contributed by atoms with Crippen LogP contribution in [0.25, 0.3) is 0 Å². The van der Waals surface area contributed by atoms with Gasteiger partial charge in [-0.05, 0) is 63.1 Å². The minimum absolute atomic E-state index is 0.935. The zero-order valence-electron chi connectivity index (χ0n) is 12.3. The van der Waals surface area contributed by atoms with E-state index in [4.69, 9.17) is 0 Å². The Kier molecular flexibility index (Phi) is 4.24. The van der Waals surface area contributed by atoms with E-state index in [1.165, 1.54) is 0 Å². The van der Waals surface area contributed by atoms with Crippen molar-refractivity contribution in [1.29, 1.82) is 0 Å². The van der Waals surface area contributed by atoms with Gasteiger partial charge in [0.05, 0.1) is 0 Å². The van der Waals surface area contributed by atoms with Crippen molar-refractivity contribution in [2.45, 2.75) is 27.7 Å². The lowest BCUT2D eigenvalue weighted by atomic mass is 10.0. The fourth-order valence-electron chi connectivity index (χ4n) is 1.90. The van der Waals surface area contributed by atoms with Crippen LogP contribution in [0.5, 0.6) is 0 Å². The highest BCUT2D eigenvalue weighted by atomic mass is 14.6. The third-order valence-corrected chi connectivity index (χ3v) is 3.08. The van der Waals surface area contributed by atoms with Crippen LogP contribution in [0.1, 0.15) is 40.4 Å². The molecule has 1 heteroatoms. The Morgan fingerprint density at radius 2 is 1.50 bits per heavy atom. The maximum Gasteiger partial charge on any atom is 0.0432 e. The predicted molar refractivity (Wildman–Crippen MR) is 83.4 cm³/mol. The van der Waals surface area contributed by atoms with Crippen molar-refractivity contribution in [3.05, 3.63) is 64.0 Å². The first-order chi connectivity index (χ1) is 9.60. The van der Waals surface area contributed by atoms with Crippen molar-refractivity contribution in [2.24, 2.45) is 0 Å². The number of rotatable bonds is 0. The molecule has 0 aliphatic rings. The quantitative estimate of drug-likeness (QED) is 0.656. The third kappa shape index (κ3) is 3.28. The summed E-state index contributed by atoms with van der Waals surface area (Å²) in [5, 5.41) is 0. The summed E-state index contributed by atoms with van der Waals surface area (Å²) in [5.41, 5.74) is 6.38. The largest absolute Gasteiger partial charge is 0.260 e. The smallest absolute Gasteiger partial charge is 0.0432 e. The number of benzene rings is 1. The van der Waals surface area contributed by atoms with Gasteiger partial charge in [-0.25, -0.2) is 0 Å². The maximum absolute atomic E-state index is 4.25. The Labute approximate surface area is 121 Å². The highest BCUT2D eigenvalue weighted by Crippen LogP contribution is 2.14. The van der Waals surface area contributed by atoms with E-state index in [1.54, 1.807) is 6.20 Å². The zero-order chi connectivity index (χ0) is 14.5. The van der Waals surface area contributed by atoms with Crippen molar-refractivity contribution in [2.75, 3.05) is 0 Å². The summed E-state index contributed by atoms with van der Waals surface area (Å²) < 4.78 is 0. The molecule has 0 saturated carbocycles. The summed E-state index contributed by atoms with van der Waals surface area (Å²) in [5.74, 6) is 12.4. The van der Waals surface area contributed by atoms with Gasteiger partial charge >= 0.3 is 0 Å². The Morgan fingerprint density at radius 3 is 2.05 bits per heavy atom. The second-order valence-corrected chi connectivity index (χ2v) is 4.80. The van der Waals surface area contributed by atoms with E-state index in [0.29, 0.717) is 0 Å². The molecule has 0 fully saturated rings.